The van der Waals surface area contributed by atoms with Crippen molar-refractivity contribution in [1.82, 2.24) is 15.1 Å². The van der Waals surface area contributed by atoms with Crippen LogP contribution in [0.4, 0.5) is 0 Å². The van der Waals surface area contributed by atoms with Crippen LogP contribution in [0.25, 0.3) is 0 Å². The third-order valence-corrected chi connectivity index (χ3v) is 3.80. The Balaban J connectivity index is 1.78. The van der Waals surface area contributed by atoms with Crippen LogP contribution >= 0.6 is 22.9 Å². The molecule has 0 aliphatic heterocycles. The number of nitrogens with one attached hydrogen (secondary N) is 1. The summed E-state index contributed by atoms with van der Waals surface area (Å²) in [6, 6.07) is 4.40. The molecule has 2 heterocycles. The molecule has 0 aromatic carbocycles. The zero-order chi connectivity index (χ0) is 12.3. The maximum atomic E-state index is 5.92. The molecule has 2 rings (SSSR count). The standard InChI is InChI=1S/C12H16ClN3S/c1-9(10-7-12(13)17-8-10)14-5-3-11-4-6-16(2)15-11/h4,6-9,14H,3,5H2,1-2H3. The lowest BCUT2D eigenvalue weighted by atomic mass is 10.2. The number of nitrogens with zero attached hydrogens (tertiary/aromatic N) is 2. The molecular weight excluding hydrogens is 254 g/mol. The van der Waals surface area contributed by atoms with E-state index in [1.54, 1.807) is 11.3 Å². The van der Waals surface area contributed by atoms with Gasteiger partial charge in [-0.05, 0) is 30.0 Å². The average Bonchev–Trinajstić information content (AvgIpc) is 2.88. The van der Waals surface area contributed by atoms with Gasteiger partial charge in [-0.25, -0.2) is 0 Å². The Morgan fingerprint density at radius 3 is 3.00 bits per heavy atom. The van der Waals surface area contributed by atoms with E-state index in [-0.39, 0.29) is 0 Å². The summed E-state index contributed by atoms with van der Waals surface area (Å²) in [6.45, 7) is 3.07. The molecule has 0 fully saturated rings. The highest BCUT2D eigenvalue weighted by molar-refractivity contribution is 7.14. The van der Waals surface area contributed by atoms with Crippen LogP contribution in [0.3, 0.4) is 0 Å². The first-order valence-electron chi connectivity index (χ1n) is 5.61. The van der Waals surface area contributed by atoms with Crippen molar-refractivity contribution in [1.29, 1.82) is 0 Å². The Morgan fingerprint density at radius 2 is 2.41 bits per heavy atom. The number of aromatic nitrogens is 2. The van der Waals surface area contributed by atoms with Crippen molar-refractivity contribution in [3.8, 4) is 0 Å². The fourth-order valence-corrected chi connectivity index (χ4v) is 2.67. The van der Waals surface area contributed by atoms with E-state index in [2.05, 4.69) is 22.7 Å². The monoisotopic (exact) mass is 269 g/mol. The normalized spacial score (nSPS) is 12.9. The van der Waals surface area contributed by atoms with Crippen molar-refractivity contribution in [2.45, 2.75) is 19.4 Å². The first-order valence-corrected chi connectivity index (χ1v) is 6.87. The highest BCUT2D eigenvalue weighted by Gasteiger charge is 2.07. The van der Waals surface area contributed by atoms with Crippen LogP contribution in [0.2, 0.25) is 4.34 Å². The highest BCUT2D eigenvalue weighted by Crippen LogP contribution is 2.24. The van der Waals surface area contributed by atoms with Crippen LogP contribution < -0.4 is 5.32 Å². The van der Waals surface area contributed by atoms with Gasteiger partial charge in [0.15, 0.2) is 0 Å². The Kier molecular flexibility index (Phi) is 4.20. The Labute approximate surface area is 110 Å². The first kappa shape index (κ1) is 12.6. The molecule has 5 heteroatoms. The zero-order valence-electron chi connectivity index (χ0n) is 9.98. The van der Waals surface area contributed by atoms with Crippen LogP contribution in [-0.4, -0.2) is 16.3 Å². The van der Waals surface area contributed by atoms with Gasteiger partial charge in [0.1, 0.15) is 0 Å². The molecule has 0 spiro atoms. The molecule has 1 atom stereocenters. The number of hydrogen-bond acceptors (Lipinski definition) is 3. The SMILES string of the molecule is CC(NCCc1ccn(C)n1)c1csc(Cl)c1. The fourth-order valence-electron chi connectivity index (χ4n) is 1.68. The second-order valence-corrected chi connectivity index (χ2v) is 5.63. The smallest absolute Gasteiger partial charge is 0.0931 e. The minimum Gasteiger partial charge on any atom is -0.310 e. The van der Waals surface area contributed by atoms with Crippen LogP contribution in [0.15, 0.2) is 23.7 Å². The summed E-state index contributed by atoms with van der Waals surface area (Å²) in [7, 11) is 1.94. The molecule has 1 N–H and O–H groups in total. The molecular formula is C12H16ClN3S. The van der Waals surface area contributed by atoms with Crippen molar-refractivity contribution in [3.05, 3.63) is 39.3 Å². The maximum absolute atomic E-state index is 5.92. The minimum absolute atomic E-state index is 0.336. The number of halogens is 1. The summed E-state index contributed by atoms with van der Waals surface area (Å²) in [4.78, 5) is 0. The lowest BCUT2D eigenvalue weighted by molar-refractivity contribution is 0.572. The molecule has 92 valence electrons. The van der Waals surface area contributed by atoms with Gasteiger partial charge in [-0.2, -0.15) is 5.10 Å². The number of aryl methyl sites for hydroxylation is 1. The Bertz CT molecular complexity index is 478. The molecule has 17 heavy (non-hydrogen) atoms. The van der Waals surface area contributed by atoms with E-state index in [1.807, 2.05) is 30.1 Å². The summed E-state index contributed by atoms with van der Waals surface area (Å²) in [5.41, 5.74) is 2.37. The van der Waals surface area contributed by atoms with Crippen molar-refractivity contribution in [2.24, 2.45) is 7.05 Å². The van der Waals surface area contributed by atoms with Gasteiger partial charge in [0.25, 0.3) is 0 Å². The zero-order valence-corrected chi connectivity index (χ0v) is 11.6. The van der Waals surface area contributed by atoms with Crippen LogP contribution in [-0.2, 0) is 13.5 Å². The summed E-state index contributed by atoms with van der Waals surface area (Å²) in [6.07, 6.45) is 2.92. The Hall–Kier alpha value is -0.840. The summed E-state index contributed by atoms with van der Waals surface area (Å²) in [5.74, 6) is 0. The molecule has 0 saturated heterocycles. The molecule has 0 aliphatic rings. The number of thiophene rings is 1. The van der Waals surface area contributed by atoms with Crippen molar-refractivity contribution in [3.63, 3.8) is 0 Å². The van der Waals surface area contributed by atoms with Gasteiger partial charge in [-0.1, -0.05) is 11.6 Å². The van der Waals surface area contributed by atoms with Gasteiger partial charge in [0.05, 0.1) is 10.0 Å². The molecule has 0 radical (unpaired) electrons. The van der Waals surface area contributed by atoms with E-state index in [0.29, 0.717) is 6.04 Å². The third kappa shape index (κ3) is 3.56. The third-order valence-electron chi connectivity index (χ3n) is 2.69. The van der Waals surface area contributed by atoms with E-state index >= 15 is 0 Å². The van der Waals surface area contributed by atoms with Crippen LogP contribution in [0.5, 0.6) is 0 Å². The fraction of sp³-hybridized carbons (Fsp3) is 0.417. The molecule has 0 amide bonds. The van der Waals surface area contributed by atoms with Crippen molar-refractivity contribution < 1.29 is 0 Å². The van der Waals surface area contributed by atoms with Gasteiger partial charge in [-0.3, -0.25) is 4.68 Å². The van der Waals surface area contributed by atoms with Gasteiger partial charge in [0, 0.05) is 32.3 Å². The lowest BCUT2D eigenvalue weighted by Gasteiger charge is -2.11. The topological polar surface area (TPSA) is 29.9 Å². The summed E-state index contributed by atoms with van der Waals surface area (Å²) < 4.78 is 2.68. The summed E-state index contributed by atoms with van der Waals surface area (Å²) in [5, 5.41) is 9.91. The van der Waals surface area contributed by atoms with Crippen LogP contribution in [0, 0.1) is 0 Å². The second-order valence-electron chi connectivity index (χ2n) is 4.09. The second kappa shape index (κ2) is 5.67. The van der Waals surface area contributed by atoms with Gasteiger partial charge in [0.2, 0.25) is 0 Å². The highest BCUT2D eigenvalue weighted by atomic mass is 35.5. The summed E-state index contributed by atoms with van der Waals surface area (Å²) >= 11 is 7.49. The van der Waals surface area contributed by atoms with Crippen molar-refractivity contribution in [2.75, 3.05) is 6.54 Å². The molecule has 3 nitrogen and oxygen atoms in total. The molecule has 2 aromatic heterocycles. The van der Waals surface area contributed by atoms with Gasteiger partial charge >= 0.3 is 0 Å². The Morgan fingerprint density at radius 1 is 1.59 bits per heavy atom. The predicted octanol–water partition coefficient (Wildman–Crippen LogP) is 3.03. The van der Waals surface area contributed by atoms with E-state index in [1.165, 1.54) is 5.56 Å². The molecule has 0 saturated carbocycles. The van der Waals surface area contributed by atoms with E-state index in [0.717, 1.165) is 23.0 Å². The predicted molar refractivity (Wildman–Crippen MR) is 72.7 cm³/mol. The quantitative estimate of drug-likeness (QED) is 0.904. The van der Waals surface area contributed by atoms with Crippen molar-refractivity contribution >= 4 is 22.9 Å². The maximum Gasteiger partial charge on any atom is 0.0931 e. The van der Waals surface area contributed by atoms with Gasteiger partial charge in [-0.15, -0.1) is 11.3 Å². The number of hydrogen-bond donors (Lipinski definition) is 1. The van der Waals surface area contributed by atoms with E-state index < -0.39 is 0 Å². The largest absolute Gasteiger partial charge is 0.310 e. The lowest BCUT2D eigenvalue weighted by Crippen LogP contribution is -2.21. The first-order chi connectivity index (χ1) is 8.15. The average molecular weight is 270 g/mol. The minimum atomic E-state index is 0.336. The van der Waals surface area contributed by atoms with E-state index in [9.17, 15) is 0 Å². The molecule has 0 bridgehead atoms. The van der Waals surface area contributed by atoms with Gasteiger partial charge < -0.3 is 5.32 Å². The molecule has 2 aromatic rings. The van der Waals surface area contributed by atoms with Crippen LogP contribution in [0.1, 0.15) is 24.2 Å². The van der Waals surface area contributed by atoms with E-state index in [4.69, 9.17) is 11.6 Å². The molecule has 1 unspecified atom stereocenters. The molecule has 0 aliphatic carbocycles. The number of rotatable bonds is 5.